The molecule has 0 bridgehead atoms. The lowest BCUT2D eigenvalue weighted by molar-refractivity contribution is 0.257. The molecule has 1 aromatic carbocycles. The first-order chi connectivity index (χ1) is 8.56. The minimum absolute atomic E-state index is 0.122. The van der Waals surface area contributed by atoms with Gasteiger partial charge < -0.3 is 10.4 Å². The summed E-state index contributed by atoms with van der Waals surface area (Å²) >= 11 is 0. The Morgan fingerprint density at radius 1 is 1.28 bits per heavy atom. The molecular weight excluding hydrogens is 252 g/mol. The normalized spacial score (nSPS) is 12.0. The van der Waals surface area contributed by atoms with E-state index in [1.54, 1.807) is 31.2 Å². The molecule has 0 amide bonds. The molecule has 0 atom stereocenters. The molecule has 0 radical (unpaired) electrons. The molecule has 1 rings (SSSR count). The molecule has 6 heteroatoms. The van der Waals surface area contributed by atoms with Gasteiger partial charge >= 0.3 is 0 Å². The predicted molar refractivity (Wildman–Crippen MR) is 70.7 cm³/mol. The second-order valence-electron chi connectivity index (χ2n) is 3.89. The van der Waals surface area contributed by atoms with Crippen molar-refractivity contribution in [2.24, 2.45) is 0 Å². The Bertz CT molecular complexity index is 457. The van der Waals surface area contributed by atoms with E-state index >= 15 is 0 Å². The van der Waals surface area contributed by atoms with E-state index in [0.717, 1.165) is 5.56 Å². The van der Waals surface area contributed by atoms with Crippen LogP contribution in [0.1, 0.15) is 12.5 Å². The Labute approximate surface area is 108 Å². The van der Waals surface area contributed by atoms with Crippen LogP contribution in [0.4, 0.5) is 0 Å². The van der Waals surface area contributed by atoms with E-state index in [9.17, 15) is 8.42 Å². The molecule has 0 aromatic heterocycles. The van der Waals surface area contributed by atoms with Crippen LogP contribution in [0, 0.1) is 0 Å². The van der Waals surface area contributed by atoms with E-state index in [4.69, 9.17) is 5.11 Å². The van der Waals surface area contributed by atoms with Crippen molar-refractivity contribution in [3.63, 3.8) is 0 Å². The number of sulfonamides is 1. The van der Waals surface area contributed by atoms with Gasteiger partial charge in [-0.2, -0.15) is 4.31 Å². The van der Waals surface area contributed by atoms with E-state index in [1.807, 2.05) is 7.05 Å². The lowest BCUT2D eigenvalue weighted by Gasteiger charge is -2.19. The standard InChI is InChI=1S/C12H20N2O3S/c1-3-14(8-9-15)18(16,17)12-6-4-11(5-7-12)10-13-2/h4-7,13,15H,3,8-10H2,1-2H3. The number of hydrogen-bond donors (Lipinski definition) is 2. The smallest absolute Gasteiger partial charge is 0.243 e. The summed E-state index contributed by atoms with van der Waals surface area (Å²) in [5.74, 6) is 0. The topological polar surface area (TPSA) is 69.6 Å². The van der Waals surface area contributed by atoms with Crippen molar-refractivity contribution < 1.29 is 13.5 Å². The maximum atomic E-state index is 12.2. The number of likely N-dealkylation sites (N-methyl/N-ethyl adjacent to an activating group) is 1. The molecule has 0 aliphatic carbocycles. The second kappa shape index (κ2) is 6.84. The molecule has 2 N–H and O–H groups in total. The van der Waals surface area contributed by atoms with Gasteiger partial charge in [0.1, 0.15) is 0 Å². The number of aliphatic hydroxyl groups excluding tert-OH is 1. The zero-order chi connectivity index (χ0) is 13.6. The first-order valence-electron chi connectivity index (χ1n) is 5.90. The fraction of sp³-hybridized carbons (Fsp3) is 0.500. The number of nitrogens with zero attached hydrogens (tertiary/aromatic N) is 1. The van der Waals surface area contributed by atoms with Crippen LogP contribution in [0.15, 0.2) is 29.2 Å². The third-order valence-electron chi connectivity index (χ3n) is 2.64. The zero-order valence-electron chi connectivity index (χ0n) is 10.8. The Hall–Kier alpha value is -0.950. The lowest BCUT2D eigenvalue weighted by Crippen LogP contribution is -2.33. The first-order valence-corrected chi connectivity index (χ1v) is 7.34. The van der Waals surface area contributed by atoms with Crippen molar-refractivity contribution in [1.29, 1.82) is 0 Å². The highest BCUT2D eigenvalue weighted by atomic mass is 32.2. The van der Waals surface area contributed by atoms with E-state index in [2.05, 4.69) is 5.32 Å². The van der Waals surface area contributed by atoms with Gasteiger partial charge in [-0.15, -0.1) is 0 Å². The minimum atomic E-state index is -3.49. The number of hydrogen-bond acceptors (Lipinski definition) is 4. The number of benzene rings is 1. The van der Waals surface area contributed by atoms with Crippen LogP contribution in [0.5, 0.6) is 0 Å². The predicted octanol–water partition coefficient (Wildman–Crippen LogP) is 0.409. The Morgan fingerprint density at radius 2 is 1.89 bits per heavy atom. The third-order valence-corrected chi connectivity index (χ3v) is 4.63. The number of rotatable bonds is 7. The maximum Gasteiger partial charge on any atom is 0.243 e. The molecule has 102 valence electrons. The van der Waals surface area contributed by atoms with Gasteiger partial charge in [-0.05, 0) is 24.7 Å². The Morgan fingerprint density at radius 3 is 2.33 bits per heavy atom. The summed E-state index contributed by atoms with van der Waals surface area (Å²) in [5.41, 5.74) is 1.03. The SMILES string of the molecule is CCN(CCO)S(=O)(=O)c1ccc(CNC)cc1. The van der Waals surface area contributed by atoms with E-state index < -0.39 is 10.0 Å². The average molecular weight is 272 g/mol. The lowest BCUT2D eigenvalue weighted by atomic mass is 10.2. The zero-order valence-corrected chi connectivity index (χ0v) is 11.6. The highest BCUT2D eigenvalue weighted by Gasteiger charge is 2.22. The van der Waals surface area contributed by atoms with Gasteiger partial charge in [0.15, 0.2) is 0 Å². The van der Waals surface area contributed by atoms with E-state index in [1.165, 1.54) is 4.31 Å². The van der Waals surface area contributed by atoms with Gasteiger partial charge in [-0.1, -0.05) is 19.1 Å². The van der Waals surface area contributed by atoms with Crippen molar-refractivity contribution in [3.05, 3.63) is 29.8 Å². The number of aliphatic hydroxyl groups is 1. The molecule has 0 spiro atoms. The van der Waals surface area contributed by atoms with Gasteiger partial charge in [0.25, 0.3) is 0 Å². The molecule has 0 saturated heterocycles. The fourth-order valence-electron chi connectivity index (χ4n) is 1.69. The molecule has 0 heterocycles. The summed E-state index contributed by atoms with van der Waals surface area (Å²) in [7, 11) is -1.65. The quantitative estimate of drug-likeness (QED) is 0.754. The van der Waals surface area contributed by atoms with Crippen molar-refractivity contribution in [3.8, 4) is 0 Å². The Kier molecular flexibility index (Phi) is 5.74. The van der Waals surface area contributed by atoms with Gasteiger partial charge in [0.05, 0.1) is 11.5 Å². The van der Waals surface area contributed by atoms with Crippen LogP contribution in [0.25, 0.3) is 0 Å². The van der Waals surface area contributed by atoms with Crippen LogP contribution in [-0.2, 0) is 16.6 Å². The second-order valence-corrected chi connectivity index (χ2v) is 5.83. The molecule has 1 aromatic rings. The monoisotopic (exact) mass is 272 g/mol. The van der Waals surface area contributed by atoms with Crippen LogP contribution in [-0.4, -0.2) is 44.6 Å². The van der Waals surface area contributed by atoms with Gasteiger partial charge in [-0.3, -0.25) is 0 Å². The molecular formula is C12H20N2O3S. The van der Waals surface area contributed by atoms with Crippen LogP contribution in [0.3, 0.4) is 0 Å². The van der Waals surface area contributed by atoms with Crippen molar-refractivity contribution >= 4 is 10.0 Å². The largest absolute Gasteiger partial charge is 0.395 e. The highest BCUT2D eigenvalue weighted by molar-refractivity contribution is 7.89. The van der Waals surface area contributed by atoms with Crippen LogP contribution < -0.4 is 5.32 Å². The highest BCUT2D eigenvalue weighted by Crippen LogP contribution is 2.16. The number of nitrogens with one attached hydrogen (secondary N) is 1. The van der Waals surface area contributed by atoms with Gasteiger partial charge in [0.2, 0.25) is 10.0 Å². The molecule has 0 fully saturated rings. The summed E-state index contributed by atoms with van der Waals surface area (Å²) in [6, 6.07) is 6.77. The van der Waals surface area contributed by atoms with Gasteiger partial charge in [0, 0.05) is 19.6 Å². The molecule has 0 unspecified atom stereocenters. The molecule has 5 nitrogen and oxygen atoms in total. The summed E-state index contributed by atoms with van der Waals surface area (Å²) in [5, 5.41) is 11.9. The molecule has 0 aliphatic rings. The van der Waals surface area contributed by atoms with E-state index in [-0.39, 0.29) is 18.0 Å². The molecule has 0 aliphatic heterocycles. The third kappa shape index (κ3) is 3.52. The average Bonchev–Trinajstić information content (AvgIpc) is 2.36. The van der Waals surface area contributed by atoms with E-state index in [0.29, 0.717) is 13.1 Å². The Balaban J connectivity index is 2.97. The summed E-state index contributed by atoms with van der Waals surface area (Å²) < 4.78 is 25.7. The maximum absolute atomic E-state index is 12.2. The molecule has 18 heavy (non-hydrogen) atoms. The fourth-order valence-corrected chi connectivity index (χ4v) is 3.13. The van der Waals surface area contributed by atoms with Crippen LogP contribution >= 0.6 is 0 Å². The minimum Gasteiger partial charge on any atom is -0.395 e. The van der Waals surface area contributed by atoms with Crippen LogP contribution in [0.2, 0.25) is 0 Å². The van der Waals surface area contributed by atoms with Gasteiger partial charge in [-0.25, -0.2) is 8.42 Å². The van der Waals surface area contributed by atoms with Crippen molar-refractivity contribution in [2.75, 3.05) is 26.7 Å². The van der Waals surface area contributed by atoms with Crippen molar-refractivity contribution in [1.82, 2.24) is 9.62 Å². The summed E-state index contributed by atoms with van der Waals surface area (Å²) in [6.07, 6.45) is 0. The molecule has 0 saturated carbocycles. The van der Waals surface area contributed by atoms with Crippen molar-refractivity contribution in [2.45, 2.75) is 18.4 Å². The first kappa shape index (κ1) is 15.1. The summed E-state index contributed by atoms with van der Waals surface area (Å²) in [6.45, 7) is 2.75. The summed E-state index contributed by atoms with van der Waals surface area (Å²) in [4.78, 5) is 0.262.